The van der Waals surface area contributed by atoms with Crippen LogP contribution in [0.15, 0.2) is 23.0 Å². The molecule has 3 rings (SSSR count). The molecule has 0 aromatic carbocycles. The number of amides is 1. The maximum atomic E-state index is 11.5. The van der Waals surface area contributed by atoms with Gasteiger partial charge in [0.15, 0.2) is 0 Å². The summed E-state index contributed by atoms with van der Waals surface area (Å²) >= 11 is 3.30. The molecule has 2 N–H and O–H groups in total. The maximum absolute atomic E-state index is 11.5. The molecular formula is C10H9N3OS2. The molecule has 0 spiro atoms. The van der Waals surface area contributed by atoms with Crippen molar-refractivity contribution in [3.8, 4) is 0 Å². The van der Waals surface area contributed by atoms with Crippen LogP contribution in [0.5, 0.6) is 0 Å². The summed E-state index contributed by atoms with van der Waals surface area (Å²) in [7, 11) is 0. The number of fused-ring (bicyclic) bond motifs is 1. The molecule has 1 aliphatic heterocycles. The molecule has 0 bridgehead atoms. The Balaban J connectivity index is 2.05. The SMILES string of the molecule is O=C1CS[C@H](c2ccsc2)c2cn[nH]c2N1. The monoisotopic (exact) mass is 251 g/mol. The summed E-state index contributed by atoms with van der Waals surface area (Å²) in [4.78, 5) is 11.5. The van der Waals surface area contributed by atoms with Crippen LogP contribution in [0, 0.1) is 0 Å². The average Bonchev–Trinajstić information content (AvgIpc) is 2.89. The van der Waals surface area contributed by atoms with E-state index in [1.165, 1.54) is 5.56 Å². The lowest BCUT2D eigenvalue weighted by atomic mass is 10.1. The van der Waals surface area contributed by atoms with Crippen LogP contribution in [0.3, 0.4) is 0 Å². The van der Waals surface area contributed by atoms with Crippen molar-refractivity contribution >= 4 is 34.8 Å². The van der Waals surface area contributed by atoms with Gasteiger partial charge in [0.25, 0.3) is 0 Å². The Labute approximate surface area is 100 Å². The van der Waals surface area contributed by atoms with Gasteiger partial charge in [0.1, 0.15) is 5.82 Å². The Morgan fingerprint density at radius 3 is 3.25 bits per heavy atom. The summed E-state index contributed by atoms with van der Waals surface area (Å²) in [5.41, 5.74) is 2.28. The highest BCUT2D eigenvalue weighted by atomic mass is 32.2. The summed E-state index contributed by atoms with van der Waals surface area (Å²) in [5.74, 6) is 1.22. The minimum atomic E-state index is 0.0215. The number of hydrogen-bond acceptors (Lipinski definition) is 4. The molecule has 16 heavy (non-hydrogen) atoms. The number of nitrogens with one attached hydrogen (secondary N) is 2. The van der Waals surface area contributed by atoms with Crippen LogP contribution < -0.4 is 5.32 Å². The number of rotatable bonds is 1. The lowest BCUT2D eigenvalue weighted by Crippen LogP contribution is -2.12. The molecule has 1 aliphatic rings. The normalized spacial score (nSPS) is 20.0. The van der Waals surface area contributed by atoms with Crippen LogP contribution in [0.1, 0.15) is 16.4 Å². The fraction of sp³-hybridized carbons (Fsp3) is 0.200. The van der Waals surface area contributed by atoms with Crippen LogP contribution >= 0.6 is 23.1 Å². The largest absolute Gasteiger partial charge is 0.310 e. The third kappa shape index (κ3) is 1.64. The van der Waals surface area contributed by atoms with E-state index >= 15 is 0 Å². The molecule has 0 unspecified atom stereocenters. The van der Waals surface area contributed by atoms with Crippen molar-refractivity contribution < 1.29 is 4.79 Å². The standard InChI is InChI=1S/C10H9N3OS2/c14-8-5-16-9(6-1-2-15-4-6)7-3-11-13-10(7)12-8/h1-4,9H,5H2,(H2,11,12,13,14)/t9-/m1/s1. The molecule has 4 nitrogen and oxygen atoms in total. The van der Waals surface area contributed by atoms with Crippen molar-refractivity contribution in [2.24, 2.45) is 0 Å². The molecule has 2 aromatic rings. The van der Waals surface area contributed by atoms with E-state index in [-0.39, 0.29) is 11.2 Å². The molecule has 3 heterocycles. The minimum Gasteiger partial charge on any atom is -0.310 e. The maximum Gasteiger partial charge on any atom is 0.235 e. The number of nitrogens with zero attached hydrogens (tertiary/aromatic N) is 1. The number of hydrogen-bond donors (Lipinski definition) is 2. The highest BCUT2D eigenvalue weighted by Crippen LogP contribution is 2.40. The van der Waals surface area contributed by atoms with Gasteiger partial charge in [-0.25, -0.2) is 0 Å². The first-order chi connectivity index (χ1) is 7.84. The Morgan fingerprint density at radius 1 is 1.50 bits per heavy atom. The molecule has 82 valence electrons. The quantitative estimate of drug-likeness (QED) is 0.817. The first kappa shape index (κ1) is 9.92. The second-order valence-corrected chi connectivity index (χ2v) is 5.37. The molecule has 2 aromatic heterocycles. The average molecular weight is 251 g/mol. The molecule has 6 heteroatoms. The van der Waals surface area contributed by atoms with E-state index < -0.39 is 0 Å². The van der Waals surface area contributed by atoms with E-state index in [9.17, 15) is 4.79 Å². The Morgan fingerprint density at radius 2 is 2.44 bits per heavy atom. The van der Waals surface area contributed by atoms with Crippen molar-refractivity contribution in [2.45, 2.75) is 5.25 Å². The van der Waals surface area contributed by atoms with Gasteiger partial charge in [0, 0.05) is 5.56 Å². The predicted octanol–water partition coefficient (Wildman–Crippen LogP) is 2.25. The van der Waals surface area contributed by atoms with Crippen LogP contribution in [0.25, 0.3) is 0 Å². The Hall–Kier alpha value is -1.27. The first-order valence-corrected chi connectivity index (χ1v) is 6.80. The molecule has 0 aliphatic carbocycles. The third-order valence-corrected chi connectivity index (χ3v) is 4.43. The minimum absolute atomic E-state index is 0.0215. The van der Waals surface area contributed by atoms with Gasteiger partial charge < -0.3 is 5.32 Å². The first-order valence-electron chi connectivity index (χ1n) is 4.81. The van der Waals surface area contributed by atoms with Gasteiger partial charge in [-0.15, -0.1) is 11.8 Å². The van der Waals surface area contributed by atoms with Gasteiger partial charge in [0.2, 0.25) is 5.91 Å². The third-order valence-electron chi connectivity index (χ3n) is 2.44. The lowest BCUT2D eigenvalue weighted by Gasteiger charge is -2.10. The summed E-state index contributed by atoms with van der Waals surface area (Å²) in [6, 6.07) is 2.09. The molecule has 0 radical (unpaired) electrons. The molecule has 1 atom stereocenters. The van der Waals surface area contributed by atoms with Gasteiger partial charge in [0.05, 0.1) is 17.2 Å². The van der Waals surface area contributed by atoms with Gasteiger partial charge in [-0.05, 0) is 22.4 Å². The van der Waals surface area contributed by atoms with Crippen LogP contribution in [-0.2, 0) is 4.79 Å². The molecule has 0 fully saturated rings. The van der Waals surface area contributed by atoms with Crippen LogP contribution in [0.2, 0.25) is 0 Å². The Bertz CT molecular complexity index is 506. The van der Waals surface area contributed by atoms with Gasteiger partial charge >= 0.3 is 0 Å². The van der Waals surface area contributed by atoms with E-state index in [0.717, 1.165) is 11.4 Å². The summed E-state index contributed by atoms with van der Waals surface area (Å²) in [6.07, 6.45) is 1.79. The highest BCUT2D eigenvalue weighted by molar-refractivity contribution is 8.00. The van der Waals surface area contributed by atoms with Crippen LogP contribution in [0.4, 0.5) is 5.82 Å². The van der Waals surface area contributed by atoms with E-state index in [0.29, 0.717) is 5.75 Å². The molecule has 0 saturated carbocycles. The summed E-state index contributed by atoms with van der Waals surface area (Å²) in [6.45, 7) is 0. The number of aromatic nitrogens is 2. The van der Waals surface area contributed by atoms with Gasteiger partial charge in [-0.2, -0.15) is 16.4 Å². The van der Waals surface area contributed by atoms with E-state index in [1.54, 1.807) is 29.3 Å². The van der Waals surface area contributed by atoms with Crippen molar-refractivity contribution in [2.75, 3.05) is 11.1 Å². The van der Waals surface area contributed by atoms with Gasteiger partial charge in [-0.3, -0.25) is 9.89 Å². The second-order valence-electron chi connectivity index (χ2n) is 3.50. The summed E-state index contributed by atoms with van der Waals surface area (Å²) < 4.78 is 0. The van der Waals surface area contributed by atoms with Crippen molar-refractivity contribution in [1.82, 2.24) is 10.2 Å². The van der Waals surface area contributed by atoms with Crippen molar-refractivity contribution in [3.63, 3.8) is 0 Å². The zero-order valence-corrected chi connectivity index (χ0v) is 9.90. The Kier molecular flexibility index (Phi) is 2.45. The zero-order valence-electron chi connectivity index (χ0n) is 8.27. The molecule has 1 amide bonds. The molecular weight excluding hydrogens is 242 g/mol. The zero-order chi connectivity index (χ0) is 11.0. The molecule has 0 saturated heterocycles. The number of thiophene rings is 1. The van der Waals surface area contributed by atoms with E-state index in [2.05, 4.69) is 32.3 Å². The smallest absolute Gasteiger partial charge is 0.235 e. The predicted molar refractivity (Wildman–Crippen MR) is 65.8 cm³/mol. The highest BCUT2D eigenvalue weighted by Gasteiger charge is 2.25. The van der Waals surface area contributed by atoms with E-state index in [4.69, 9.17) is 0 Å². The van der Waals surface area contributed by atoms with E-state index in [1.807, 2.05) is 0 Å². The van der Waals surface area contributed by atoms with Gasteiger partial charge in [-0.1, -0.05) is 0 Å². The fourth-order valence-electron chi connectivity index (χ4n) is 1.72. The number of carbonyl (C=O) groups excluding carboxylic acids is 1. The number of carbonyl (C=O) groups is 1. The number of H-pyrrole nitrogens is 1. The topological polar surface area (TPSA) is 57.8 Å². The number of aromatic amines is 1. The number of thioether (sulfide) groups is 1. The summed E-state index contributed by atoms with van der Waals surface area (Å²) in [5, 5.41) is 14.0. The fourth-order valence-corrected chi connectivity index (χ4v) is 3.58. The van der Waals surface area contributed by atoms with Crippen molar-refractivity contribution in [1.29, 1.82) is 0 Å². The van der Waals surface area contributed by atoms with Crippen molar-refractivity contribution in [3.05, 3.63) is 34.2 Å². The second kappa shape index (κ2) is 3.95. The lowest BCUT2D eigenvalue weighted by molar-refractivity contribution is -0.113. The van der Waals surface area contributed by atoms with Crippen LogP contribution in [-0.4, -0.2) is 21.9 Å². The number of anilines is 1.